The Morgan fingerprint density at radius 3 is 1.88 bits per heavy atom. The Balaban J connectivity index is 0.000000254. The number of halogens is 2. The van der Waals surface area contributed by atoms with Crippen molar-refractivity contribution in [2.45, 2.75) is 40.8 Å². The monoisotopic (exact) mass is 560 g/mol. The molecule has 0 atom stereocenters. The molecular weight excluding hydrogens is 542 g/mol. The van der Waals surface area contributed by atoms with Crippen molar-refractivity contribution >= 4 is 45.2 Å². The first-order valence-corrected chi connectivity index (χ1v) is 9.29. The van der Waals surface area contributed by atoms with E-state index in [0.717, 1.165) is 5.69 Å². The number of aryl methyl sites for hydroxylation is 1. The van der Waals surface area contributed by atoms with Crippen LogP contribution in [0.5, 0.6) is 0 Å². The number of H-pyrrole nitrogens is 2. The molecule has 0 saturated carbocycles. The van der Waals surface area contributed by atoms with E-state index < -0.39 is 5.69 Å². The number of nitrogens with zero attached hydrogens (tertiary/aromatic N) is 2. The van der Waals surface area contributed by atoms with Gasteiger partial charge >= 0.3 is 11.4 Å². The van der Waals surface area contributed by atoms with Crippen molar-refractivity contribution in [1.82, 2.24) is 19.1 Å². The molecule has 0 fully saturated rings. The van der Waals surface area contributed by atoms with Gasteiger partial charge in [0, 0.05) is 24.5 Å². The molecule has 24 heavy (non-hydrogen) atoms. The van der Waals surface area contributed by atoms with Crippen molar-refractivity contribution in [2.24, 2.45) is 0 Å². The molecule has 0 aliphatic carbocycles. The molecule has 2 aromatic heterocycles. The van der Waals surface area contributed by atoms with Gasteiger partial charge in [0.1, 0.15) is 0 Å². The average Bonchev–Trinajstić information content (AvgIpc) is 2.52. The molecule has 2 rings (SSSR count). The third-order valence-electron chi connectivity index (χ3n) is 3.31. The van der Waals surface area contributed by atoms with Crippen LogP contribution in [0.1, 0.15) is 25.2 Å². The first-order chi connectivity index (χ1) is 11.1. The molecule has 0 unspecified atom stereocenters. The Bertz CT molecular complexity index is 969. The summed E-state index contributed by atoms with van der Waals surface area (Å²) < 4.78 is 4.04. The lowest BCUT2D eigenvalue weighted by Crippen LogP contribution is -2.42. The molecule has 0 aromatic carbocycles. The van der Waals surface area contributed by atoms with E-state index in [1.165, 1.54) is 4.57 Å². The largest absolute Gasteiger partial charge is 0.331 e. The maximum absolute atomic E-state index is 11.7. The summed E-state index contributed by atoms with van der Waals surface area (Å²) in [5, 5.41) is 0. The van der Waals surface area contributed by atoms with E-state index in [2.05, 4.69) is 9.97 Å². The van der Waals surface area contributed by atoms with Gasteiger partial charge in [-0.2, -0.15) is 0 Å². The van der Waals surface area contributed by atoms with Crippen LogP contribution in [0.15, 0.2) is 19.2 Å². The first kappa shape index (κ1) is 20.9. The molecule has 0 aliphatic heterocycles. The summed E-state index contributed by atoms with van der Waals surface area (Å²) in [5.41, 5.74) is 0.185. The maximum atomic E-state index is 11.7. The van der Waals surface area contributed by atoms with Gasteiger partial charge in [0.2, 0.25) is 0 Å². The molecule has 10 heteroatoms. The van der Waals surface area contributed by atoms with Gasteiger partial charge < -0.3 is 4.98 Å². The molecule has 0 bridgehead atoms. The topological polar surface area (TPSA) is 110 Å². The van der Waals surface area contributed by atoms with Crippen molar-refractivity contribution in [3.63, 3.8) is 0 Å². The van der Waals surface area contributed by atoms with Gasteiger partial charge in [-0.1, -0.05) is 0 Å². The van der Waals surface area contributed by atoms with Gasteiger partial charge in [0.15, 0.2) is 0 Å². The van der Waals surface area contributed by atoms with Crippen LogP contribution in [0.25, 0.3) is 0 Å². The van der Waals surface area contributed by atoms with Crippen molar-refractivity contribution < 1.29 is 0 Å². The molecular formula is C14H18I2N4O4. The second kappa shape index (κ2) is 8.78. The van der Waals surface area contributed by atoms with Gasteiger partial charge in [-0.3, -0.25) is 23.7 Å². The Morgan fingerprint density at radius 2 is 1.42 bits per heavy atom. The number of aromatic nitrogens is 4. The van der Waals surface area contributed by atoms with Crippen LogP contribution in [0.3, 0.4) is 0 Å². The highest BCUT2D eigenvalue weighted by molar-refractivity contribution is 14.1. The lowest BCUT2D eigenvalue weighted by Gasteiger charge is -2.11. The summed E-state index contributed by atoms with van der Waals surface area (Å²) >= 11 is 3.86. The quantitative estimate of drug-likeness (QED) is 0.534. The third kappa shape index (κ3) is 4.46. The summed E-state index contributed by atoms with van der Waals surface area (Å²) in [4.78, 5) is 49.3. The molecule has 0 aliphatic rings. The Morgan fingerprint density at radius 1 is 0.875 bits per heavy atom. The molecule has 8 nitrogen and oxygen atoms in total. The molecule has 2 N–H and O–H groups in total. The van der Waals surface area contributed by atoms with Crippen LogP contribution in [-0.2, 0) is 13.1 Å². The van der Waals surface area contributed by atoms with Crippen LogP contribution < -0.4 is 22.5 Å². The summed E-state index contributed by atoms with van der Waals surface area (Å²) in [7, 11) is 0. The van der Waals surface area contributed by atoms with Gasteiger partial charge in [0.25, 0.3) is 11.1 Å². The van der Waals surface area contributed by atoms with E-state index >= 15 is 0 Å². The van der Waals surface area contributed by atoms with Crippen molar-refractivity contribution in [3.8, 4) is 0 Å². The number of nitrogens with one attached hydrogen (secondary N) is 2. The van der Waals surface area contributed by atoms with Crippen molar-refractivity contribution in [1.29, 1.82) is 0 Å². The van der Waals surface area contributed by atoms with E-state index in [-0.39, 0.29) is 16.8 Å². The minimum atomic E-state index is -0.456. The summed E-state index contributed by atoms with van der Waals surface area (Å²) in [6.45, 7) is 8.20. The third-order valence-corrected chi connectivity index (χ3v) is 5.85. The van der Waals surface area contributed by atoms with Crippen LogP contribution in [0.4, 0.5) is 0 Å². The van der Waals surface area contributed by atoms with Gasteiger partial charge in [-0.25, -0.2) is 9.59 Å². The molecule has 2 aromatic rings. The average molecular weight is 560 g/mol. The summed E-state index contributed by atoms with van der Waals surface area (Å²) in [6, 6.07) is 0. The SMILES string of the molecule is CCn1c(C)c(I)c(=O)n(CC)c1=O.Cc1[nH]c(=O)[nH]c(=O)c1I. The lowest BCUT2D eigenvalue weighted by atomic mass is 10.4. The molecule has 0 spiro atoms. The minimum Gasteiger partial charge on any atom is -0.310 e. The number of rotatable bonds is 2. The van der Waals surface area contributed by atoms with Crippen molar-refractivity contribution in [3.05, 3.63) is 60.2 Å². The Labute approximate surface area is 164 Å². The second-order valence-corrected chi connectivity index (χ2v) is 6.98. The predicted molar refractivity (Wildman–Crippen MR) is 109 cm³/mol. The van der Waals surface area contributed by atoms with Crippen molar-refractivity contribution in [2.75, 3.05) is 0 Å². The summed E-state index contributed by atoms with van der Waals surface area (Å²) in [5.74, 6) is 0. The molecule has 132 valence electrons. The zero-order chi connectivity index (χ0) is 18.6. The highest BCUT2D eigenvalue weighted by Crippen LogP contribution is 2.03. The zero-order valence-corrected chi connectivity index (χ0v) is 18.0. The Hall–Kier alpha value is -1.18. The van der Waals surface area contributed by atoms with E-state index in [9.17, 15) is 19.2 Å². The predicted octanol–water partition coefficient (Wildman–Crippen LogP) is 0.939. The Kier molecular flexibility index (Phi) is 7.63. The second-order valence-electron chi connectivity index (χ2n) is 4.82. The van der Waals surface area contributed by atoms with E-state index in [1.54, 1.807) is 25.3 Å². The summed E-state index contributed by atoms with van der Waals surface area (Å²) in [6.07, 6.45) is 0. The smallest absolute Gasteiger partial charge is 0.310 e. The fraction of sp³-hybridized carbons (Fsp3) is 0.429. The minimum absolute atomic E-state index is 0.180. The molecule has 0 amide bonds. The first-order valence-electron chi connectivity index (χ1n) is 7.14. The highest BCUT2D eigenvalue weighted by Gasteiger charge is 2.11. The van der Waals surface area contributed by atoms with Crippen LogP contribution in [0, 0.1) is 21.0 Å². The fourth-order valence-corrected chi connectivity index (χ4v) is 2.86. The number of hydrogen-bond acceptors (Lipinski definition) is 4. The maximum Gasteiger partial charge on any atom is 0.331 e. The van der Waals surface area contributed by atoms with Crippen LogP contribution >= 0.6 is 45.2 Å². The van der Waals surface area contributed by atoms with Gasteiger partial charge in [-0.15, -0.1) is 0 Å². The van der Waals surface area contributed by atoms with E-state index in [0.29, 0.717) is 25.9 Å². The van der Waals surface area contributed by atoms with E-state index in [1.807, 2.05) is 52.1 Å². The highest BCUT2D eigenvalue weighted by atomic mass is 127. The van der Waals surface area contributed by atoms with E-state index in [4.69, 9.17) is 0 Å². The van der Waals surface area contributed by atoms with Crippen LogP contribution in [-0.4, -0.2) is 19.1 Å². The lowest BCUT2D eigenvalue weighted by molar-refractivity contribution is 0.569. The molecule has 0 saturated heterocycles. The van der Waals surface area contributed by atoms with Crippen LogP contribution in [0.2, 0.25) is 0 Å². The standard InChI is InChI=1S/C9H13IN2O2.C5H5IN2O2/c1-4-11-6(3)7(10)8(13)12(5-2)9(11)14;1-2-3(6)4(9)8-5(10)7-2/h4-5H2,1-3H3;1H3,(H2,7,8,9,10). The normalized spacial score (nSPS) is 10.2. The fourth-order valence-electron chi connectivity index (χ4n) is 2.00. The van der Waals surface area contributed by atoms with Gasteiger partial charge in [-0.05, 0) is 72.9 Å². The van der Waals surface area contributed by atoms with Gasteiger partial charge in [0.05, 0.1) is 7.14 Å². The number of hydrogen-bond donors (Lipinski definition) is 2. The molecule has 0 radical (unpaired) electrons. The zero-order valence-electron chi connectivity index (χ0n) is 13.7. The number of aromatic amines is 2. The molecule has 2 heterocycles.